The van der Waals surface area contributed by atoms with Gasteiger partial charge in [0, 0.05) is 18.0 Å². The molecule has 126 valence electrons. The molecule has 2 aromatic carbocycles. The number of anilines is 2. The van der Waals surface area contributed by atoms with Crippen LogP contribution in [0.25, 0.3) is 11.4 Å². The van der Waals surface area contributed by atoms with Crippen LogP contribution >= 0.6 is 0 Å². The first-order valence-electron chi connectivity index (χ1n) is 8.06. The van der Waals surface area contributed by atoms with Gasteiger partial charge in [-0.25, -0.2) is 4.39 Å². The number of carbonyl (C=O) groups is 1. The van der Waals surface area contributed by atoms with Crippen LogP contribution in [0.3, 0.4) is 0 Å². The standard InChI is InChI=1S/C20H18FN3O/c1-12-10-18(25)24-17-5-3-4-16(20(17)23-12)19(21)13(2)15-8-6-14(11-22)7-9-15/h3-9,12,23H,10H2,1-2H3,(H,24,25)/b19-13+. The van der Waals surface area contributed by atoms with Crippen LogP contribution in [0.15, 0.2) is 42.5 Å². The molecule has 0 fully saturated rings. The zero-order valence-corrected chi connectivity index (χ0v) is 14.1. The fourth-order valence-electron chi connectivity index (χ4n) is 2.90. The van der Waals surface area contributed by atoms with E-state index in [9.17, 15) is 4.79 Å². The van der Waals surface area contributed by atoms with Crippen LogP contribution in [0.4, 0.5) is 15.8 Å². The first-order chi connectivity index (χ1) is 12.0. The third kappa shape index (κ3) is 3.38. The molecule has 3 rings (SSSR count). The normalized spacial score (nSPS) is 17.4. The highest BCUT2D eigenvalue weighted by molar-refractivity contribution is 6.00. The average molecular weight is 335 g/mol. The molecule has 0 saturated carbocycles. The summed E-state index contributed by atoms with van der Waals surface area (Å²) in [6.07, 6.45) is 0.327. The maximum absolute atomic E-state index is 15.2. The summed E-state index contributed by atoms with van der Waals surface area (Å²) in [4.78, 5) is 11.9. The first kappa shape index (κ1) is 16.7. The number of rotatable bonds is 2. The number of para-hydroxylation sites is 1. The molecule has 1 amide bonds. The van der Waals surface area contributed by atoms with Crippen molar-refractivity contribution in [1.29, 1.82) is 5.26 Å². The van der Waals surface area contributed by atoms with Crippen molar-refractivity contribution in [2.24, 2.45) is 0 Å². The van der Waals surface area contributed by atoms with Crippen molar-refractivity contribution in [3.05, 3.63) is 59.2 Å². The molecule has 0 aromatic heterocycles. The minimum absolute atomic E-state index is 0.0922. The van der Waals surface area contributed by atoms with Crippen LogP contribution < -0.4 is 10.6 Å². The number of benzene rings is 2. The molecule has 0 bridgehead atoms. The summed E-state index contributed by atoms with van der Waals surface area (Å²) < 4.78 is 15.2. The molecule has 25 heavy (non-hydrogen) atoms. The van der Waals surface area contributed by atoms with Crippen molar-refractivity contribution in [3.8, 4) is 6.07 Å². The Balaban J connectivity index is 2.07. The Morgan fingerprint density at radius 3 is 2.64 bits per heavy atom. The number of hydrogen-bond donors (Lipinski definition) is 2. The molecule has 5 heteroatoms. The lowest BCUT2D eigenvalue weighted by Crippen LogP contribution is -2.19. The van der Waals surface area contributed by atoms with Gasteiger partial charge in [-0.15, -0.1) is 0 Å². The highest BCUT2D eigenvalue weighted by atomic mass is 19.1. The molecule has 4 nitrogen and oxygen atoms in total. The molecule has 1 atom stereocenters. The predicted octanol–water partition coefficient (Wildman–Crippen LogP) is 4.56. The number of carbonyl (C=O) groups excluding carboxylic acids is 1. The molecule has 1 aliphatic rings. The van der Waals surface area contributed by atoms with Gasteiger partial charge in [-0.05, 0) is 49.2 Å². The zero-order chi connectivity index (χ0) is 18.0. The molecular weight excluding hydrogens is 317 g/mol. The van der Waals surface area contributed by atoms with Crippen molar-refractivity contribution in [2.45, 2.75) is 26.3 Å². The Kier molecular flexibility index (Phi) is 4.53. The first-order valence-corrected chi connectivity index (χ1v) is 8.06. The van der Waals surface area contributed by atoms with Gasteiger partial charge in [0.05, 0.1) is 23.0 Å². The van der Waals surface area contributed by atoms with E-state index in [-0.39, 0.29) is 17.8 Å². The Hall–Kier alpha value is -3.13. The summed E-state index contributed by atoms with van der Waals surface area (Å²) >= 11 is 0. The molecule has 2 aromatic rings. The number of hydrogen-bond acceptors (Lipinski definition) is 3. The minimum Gasteiger partial charge on any atom is -0.380 e. The molecule has 0 spiro atoms. The molecule has 1 aliphatic heterocycles. The summed E-state index contributed by atoms with van der Waals surface area (Å²) in [5, 5.41) is 14.9. The van der Waals surface area contributed by atoms with Gasteiger partial charge in [0.25, 0.3) is 0 Å². The smallest absolute Gasteiger partial charge is 0.226 e. The van der Waals surface area contributed by atoms with Crippen molar-refractivity contribution >= 4 is 28.7 Å². The van der Waals surface area contributed by atoms with E-state index in [4.69, 9.17) is 5.26 Å². The highest BCUT2D eigenvalue weighted by Crippen LogP contribution is 2.37. The van der Waals surface area contributed by atoms with Gasteiger partial charge in [-0.1, -0.05) is 18.2 Å². The Labute approximate surface area is 146 Å². The summed E-state index contributed by atoms with van der Waals surface area (Å²) in [6.45, 7) is 3.59. The topological polar surface area (TPSA) is 64.9 Å². The lowest BCUT2D eigenvalue weighted by atomic mass is 10.0. The van der Waals surface area contributed by atoms with Crippen LogP contribution in [-0.4, -0.2) is 11.9 Å². The van der Waals surface area contributed by atoms with E-state index in [1.54, 1.807) is 49.4 Å². The maximum Gasteiger partial charge on any atom is 0.226 e. The summed E-state index contributed by atoms with van der Waals surface area (Å²) in [5.74, 6) is -0.457. The molecule has 1 unspecified atom stereocenters. The van der Waals surface area contributed by atoms with Gasteiger partial charge in [0.15, 0.2) is 0 Å². The van der Waals surface area contributed by atoms with E-state index < -0.39 is 0 Å². The van der Waals surface area contributed by atoms with E-state index in [1.807, 2.05) is 6.92 Å². The fraction of sp³-hybridized carbons (Fsp3) is 0.200. The third-order valence-corrected chi connectivity index (χ3v) is 4.23. The second-order valence-corrected chi connectivity index (χ2v) is 6.15. The van der Waals surface area contributed by atoms with Gasteiger partial charge in [0.1, 0.15) is 5.83 Å². The van der Waals surface area contributed by atoms with Crippen LogP contribution in [0.2, 0.25) is 0 Å². The number of allylic oxidation sites excluding steroid dienone is 1. The fourth-order valence-corrected chi connectivity index (χ4v) is 2.90. The van der Waals surface area contributed by atoms with Crippen molar-refractivity contribution in [1.82, 2.24) is 0 Å². The van der Waals surface area contributed by atoms with Crippen molar-refractivity contribution in [2.75, 3.05) is 10.6 Å². The third-order valence-electron chi connectivity index (χ3n) is 4.23. The maximum atomic E-state index is 15.2. The van der Waals surface area contributed by atoms with E-state index in [0.29, 0.717) is 40.1 Å². The van der Waals surface area contributed by atoms with Crippen molar-refractivity contribution < 1.29 is 9.18 Å². The Morgan fingerprint density at radius 1 is 1.24 bits per heavy atom. The SMILES string of the molecule is C/C(=C(\F)c1cccc2c1NC(C)CC(=O)N2)c1ccc(C#N)cc1. The van der Waals surface area contributed by atoms with Gasteiger partial charge >= 0.3 is 0 Å². The number of amides is 1. The quantitative estimate of drug-likeness (QED) is 0.791. The molecule has 2 N–H and O–H groups in total. The minimum atomic E-state index is -0.364. The van der Waals surface area contributed by atoms with E-state index in [1.165, 1.54) is 0 Å². The number of fused-ring (bicyclic) bond motifs is 1. The number of nitrogens with one attached hydrogen (secondary N) is 2. The zero-order valence-electron chi connectivity index (χ0n) is 14.1. The van der Waals surface area contributed by atoms with Gasteiger partial charge in [-0.2, -0.15) is 5.26 Å². The molecular formula is C20H18FN3O. The molecule has 0 radical (unpaired) electrons. The number of nitriles is 1. The summed E-state index contributed by atoms with van der Waals surface area (Å²) in [7, 11) is 0. The summed E-state index contributed by atoms with van der Waals surface area (Å²) in [5.41, 5.74) is 3.29. The van der Waals surface area contributed by atoms with Crippen molar-refractivity contribution in [3.63, 3.8) is 0 Å². The van der Waals surface area contributed by atoms with Gasteiger partial charge < -0.3 is 10.6 Å². The number of halogens is 1. The average Bonchev–Trinajstić information content (AvgIpc) is 2.76. The van der Waals surface area contributed by atoms with Crippen LogP contribution in [0.5, 0.6) is 0 Å². The lowest BCUT2D eigenvalue weighted by molar-refractivity contribution is -0.116. The van der Waals surface area contributed by atoms with Gasteiger partial charge in [0.2, 0.25) is 5.91 Å². The van der Waals surface area contributed by atoms with Crippen LogP contribution in [0.1, 0.15) is 37.0 Å². The largest absolute Gasteiger partial charge is 0.380 e. The van der Waals surface area contributed by atoms with E-state index in [0.717, 1.165) is 0 Å². The predicted molar refractivity (Wildman–Crippen MR) is 97.5 cm³/mol. The van der Waals surface area contributed by atoms with Gasteiger partial charge in [-0.3, -0.25) is 4.79 Å². The van der Waals surface area contributed by atoms with Crippen LogP contribution in [0, 0.1) is 11.3 Å². The molecule has 0 aliphatic carbocycles. The molecule has 1 heterocycles. The Bertz CT molecular complexity index is 894. The van der Waals surface area contributed by atoms with Crippen LogP contribution in [-0.2, 0) is 4.79 Å². The second kappa shape index (κ2) is 6.78. The lowest BCUT2D eigenvalue weighted by Gasteiger charge is -2.16. The monoisotopic (exact) mass is 335 g/mol. The highest BCUT2D eigenvalue weighted by Gasteiger charge is 2.22. The van der Waals surface area contributed by atoms with E-state index in [2.05, 4.69) is 16.7 Å². The Morgan fingerprint density at radius 2 is 1.96 bits per heavy atom. The second-order valence-electron chi connectivity index (χ2n) is 6.15. The van der Waals surface area contributed by atoms with E-state index >= 15 is 4.39 Å². The number of nitrogens with zero attached hydrogens (tertiary/aromatic N) is 1. The summed E-state index contributed by atoms with van der Waals surface area (Å²) in [6, 6.07) is 13.9. The molecule has 0 saturated heterocycles.